The van der Waals surface area contributed by atoms with Crippen LogP contribution in [0.2, 0.25) is 0 Å². The van der Waals surface area contributed by atoms with Crippen LogP contribution >= 0.6 is 0 Å². The third kappa shape index (κ3) is 12.2. The quantitative estimate of drug-likeness (QED) is 0.149. The van der Waals surface area contributed by atoms with Crippen molar-refractivity contribution in [3.05, 3.63) is 71.6 Å². The van der Waals surface area contributed by atoms with E-state index in [0.29, 0.717) is 6.42 Å². The molecule has 16 atom stereocenters. The van der Waals surface area contributed by atoms with Gasteiger partial charge in [-0.25, -0.2) is 4.79 Å². The highest BCUT2D eigenvalue weighted by Gasteiger charge is 2.53. The summed E-state index contributed by atoms with van der Waals surface area (Å²) in [6.07, 6.45) is 9.62. The van der Waals surface area contributed by atoms with Gasteiger partial charge in [0.2, 0.25) is 5.76 Å². The van der Waals surface area contributed by atoms with Crippen LogP contribution in [0.3, 0.4) is 0 Å². The fourth-order valence-electron chi connectivity index (χ4n) is 8.05. The zero-order chi connectivity index (χ0) is 41.9. The van der Waals surface area contributed by atoms with Crippen molar-refractivity contribution in [1.29, 1.82) is 0 Å². The Bertz CT molecular complexity index is 1420. The van der Waals surface area contributed by atoms with E-state index in [4.69, 9.17) is 33.2 Å². The zero-order valence-electron chi connectivity index (χ0n) is 35.5. The molecule has 0 saturated carbocycles. The third-order valence-electron chi connectivity index (χ3n) is 11.7. The number of cyclic esters (lactones) is 1. The van der Waals surface area contributed by atoms with Crippen LogP contribution in [0.4, 0.5) is 0 Å². The van der Waals surface area contributed by atoms with Crippen LogP contribution in [0.1, 0.15) is 81.6 Å². The minimum absolute atomic E-state index is 0.0235. The number of ether oxygens (including phenoxy) is 7. The van der Waals surface area contributed by atoms with Crippen LogP contribution in [0.15, 0.2) is 71.6 Å². The normalized spacial score (nSPS) is 42.1. The summed E-state index contributed by atoms with van der Waals surface area (Å²) in [6, 6.07) is 0. The van der Waals surface area contributed by atoms with Gasteiger partial charge in [0, 0.05) is 50.7 Å². The second kappa shape index (κ2) is 21.9. The van der Waals surface area contributed by atoms with E-state index in [0.717, 1.165) is 11.1 Å². The van der Waals surface area contributed by atoms with Crippen molar-refractivity contribution >= 4 is 5.97 Å². The molecule has 0 aromatic rings. The highest BCUT2D eigenvalue weighted by Crippen LogP contribution is 2.44. The van der Waals surface area contributed by atoms with Gasteiger partial charge in [-0.2, -0.15) is 0 Å². The first-order valence-electron chi connectivity index (χ1n) is 20.0. The molecule has 56 heavy (non-hydrogen) atoms. The van der Waals surface area contributed by atoms with Crippen molar-refractivity contribution in [1.82, 2.24) is 0 Å². The number of rotatable bonds is 11. The molecule has 0 radical (unpaired) electrons. The first-order chi connectivity index (χ1) is 26.4. The number of carbonyl (C=O) groups excluding carboxylic acids is 1. The van der Waals surface area contributed by atoms with Crippen LogP contribution in [0.25, 0.3) is 0 Å². The van der Waals surface area contributed by atoms with Crippen LogP contribution in [0, 0.1) is 29.6 Å². The van der Waals surface area contributed by atoms with Crippen molar-refractivity contribution in [3.8, 4) is 0 Å². The van der Waals surface area contributed by atoms with Gasteiger partial charge in [0.1, 0.15) is 18.3 Å². The Morgan fingerprint density at radius 3 is 2.32 bits per heavy atom. The van der Waals surface area contributed by atoms with Crippen LogP contribution < -0.4 is 0 Å². The second-order valence-electron chi connectivity index (χ2n) is 16.1. The molecular formula is C44H70O12. The fourth-order valence-corrected chi connectivity index (χ4v) is 8.05. The molecule has 4 N–H and O–H groups in total. The van der Waals surface area contributed by atoms with E-state index in [1.54, 1.807) is 26.0 Å². The highest BCUT2D eigenvalue weighted by atomic mass is 16.7. The number of hydrogen-bond acceptors (Lipinski definition) is 12. The number of methoxy groups -OCH3 is 3. The maximum absolute atomic E-state index is 13.8. The first kappa shape index (κ1) is 47.7. The van der Waals surface area contributed by atoms with Gasteiger partial charge < -0.3 is 53.6 Å². The van der Waals surface area contributed by atoms with Crippen molar-refractivity contribution in [2.75, 3.05) is 21.3 Å². The zero-order valence-corrected chi connectivity index (χ0v) is 35.5. The molecule has 2 fully saturated rings. The van der Waals surface area contributed by atoms with E-state index in [2.05, 4.69) is 0 Å². The van der Waals surface area contributed by atoms with E-state index in [-0.39, 0.29) is 36.4 Å². The molecule has 2 saturated heterocycles. The van der Waals surface area contributed by atoms with E-state index >= 15 is 0 Å². The largest absolute Gasteiger partial charge is 0.490 e. The lowest BCUT2D eigenvalue weighted by molar-refractivity contribution is -0.346. The first-order valence-corrected chi connectivity index (χ1v) is 20.0. The maximum Gasteiger partial charge on any atom is 0.373 e. The van der Waals surface area contributed by atoms with Crippen molar-refractivity contribution in [2.45, 2.75) is 149 Å². The second-order valence-corrected chi connectivity index (χ2v) is 16.1. The summed E-state index contributed by atoms with van der Waals surface area (Å²) in [7, 11) is 4.44. The van der Waals surface area contributed by atoms with E-state index in [1.807, 2.05) is 91.0 Å². The molecule has 0 spiro atoms. The lowest BCUT2D eigenvalue weighted by Crippen LogP contribution is -2.60. The lowest BCUT2D eigenvalue weighted by atomic mass is 9.77. The van der Waals surface area contributed by atoms with Crippen LogP contribution in [-0.4, -0.2) is 115 Å². The Kier molecular flexibility index (Phi) is 18.7. The molecule has 0 aromatic heterocycles. The Morgan fingerprint density at radius 1 is 1.02 bits per heavy atom. The minimum Gasteiger partial charge on any atom is -0.490 e. The lowest BCUT2D eigenvalue weighted by Gasteiger charge is -2.51. The standard InChI is InChI=1S/C44H70O12/c1-13-14-15-18-34-29(6)37(54-38-23-33(45)41(48)32(9)53-38)24-44(52-12,56-34)31(8)40(47)30(7)42-35(50-10)19-16-17-25(2)20-27(4)39(46)28(5)21-26(3)22-36(51-11)43(49)55-42/h13-19,21-22,27-35,37-42,45-48H,20,23-24H2,1-12H3/b14-13+,18-15+,19-16+,25-17+,26-21+,36-22-. The molecule has 3 heterocycles. The van der Waals surface area contributed by atoms with E-state index < -0.39 is 84.8 Å². The molecule has 16 unspecified atom stereocenters. The number of carbonyl (C=O) groups is 1. The Labute approximate surface area is 334 Å². The Morgan fingerprint density at radius 2 is 1.71 bits per heavy atom. The molecule has 12 nitrogen and oxygen atoms in total. The SMILES string of the molecule is C/C=C/C=C/C1OC(OC)(C(C)C(O)C(C)C2OC(=O)/C(OC)=C/C(C)=C/C(C)C(O)C(C)C/C(C)=C/C=C/C2OC)CC(OC2CC(O)C(O)C(C)O2)C1C. The number of aliphatic hydroxyl groups is 4. The number of allylic oxidation sites excluding steroid dienone is 8. The average molecular weight is 791 g/mol. The molecule has 0 aliphatic carbocycles. The summed E-state index contributed by atoms with van der Waals surface area (Å²) in [5.74, 6) is -4.01. The monoisotopic (exact) mass is 790 g/mol. The van der Waals surface area contributed by atoms with Gasteiger partial charge in [0.15, 0.2) is 12.1 Å². The molecule has 0 amide bonds. The summed E-state index contributed by atoms with van der Waals surface area (Å²) in [5, 5.41) is 44.1. The summed E-state index contributed by atoms with van der Waals surface area (Å²) in [4.78, 5) is 13.8. The Hall–Kier alpha value is -2.65. The molecule has 12 heteroatoms. The van der Waals surface area contributed by atoms with Gasteiger partial charge in [-0.05, 0) is 46.1 Å². The molecule has 318 valence electrons. The van der Waals surface area contributed by atoms with Gasteiger partial charge in [-0.3, -0.25) is 0 Å². The van der Waals surface area contributed by atoms with Gasteiger partial charge in [0.05, 0.1) is 43.7 Å². The maximum atomic E-state index is 13.8. The molecule has 3 rings (SSSR count). The van der Waals surface area contributed by atoms with Gasteiger partial charge in [-0.1, -0.05) is 94.4 Å². The van der Waals surface area contributed by atoms with E-state index in [1.165, 1.54) is 21.3 Å². The summed E-state index contributed by atoms with van der Waals surface area (Å²) in [6.45, 7) is 17.0. The summed E-state index contributed by atoms with van der Waals surface area (Å²) in [5.41, 5.74) is 1.77. The Balaban J connectivity index is 2.04. The molecule has 3 aliphatic heterocycles. The number of esters is 1. The predicted molar refractivity (Wildman–Crippen MR) is 214 cm³/mol. The predicted octanol–water partition coefficient (Wildman–Crippen LogP) is 5.70. The summed E-state index contributed by atoms with van der Waals surface area (Å²) < 4.78 is 43.1. The number of aliphatic hydroxyl groups excluding tert-OH is 4. The number of hydrogen-bond donors (Lipinski definition) is 4. The van der Waals surface area contributed by atoms with Gasteiger partial charge in [0.25, 0.3) is 0 Å². The summed E-state index contributed by atoms with van der Waals surface area (Å²) >= 11 is 0. The van der Waals surface area contributed by atoms with Crippen LogP contribution in [-0.2, 0) is 38.0 Å². The molecule has 0 aromatic carbocycles. The molecule has 0 bridgehead atoms. The fraction of sp³-hybridized carbons (Fsp3) is 0.705. The van der Waals surface area contributed by atoms with Gasteiger partial charge in [-0.15, -0.1) is 0 Å². The average Bonchev–Trinajstić information content (AvgIpc) is 3.16. The smallest absolute Gasteiger partial charge is 0.373 e. The van der Waals surface area contributed by atoms with Gasteiger partial charge >= 0.3 is 5.97 Å². The van der Waals surface area contributed by atoms with Crippen LogP contribution in [0.5, 0.6) is 0 Å². The topological polar surface area (TPSA) is 163 Å². The van der Waals surface area contributed by atoms with E-state index in [9.17, 15) is 25.2 Å². The van der Waals surface area contributed by atoms with Crippen molar-refractivity contribution < 1.29 is 58.4 Å². The minimum atomic E-state index is -1.38. The highest BCUT2D eigenvalue weighted by molar-refractivity contribution is 5.87. The third-order valence-corrected chi connectivity index (χ3v) is 11.7. The van der Waals surface area contributed by atoms with Crippen molar-refractivity contribution in [2.24, 2.45) is 29.6 Å². The molecular weight excluding hydrogens is 720 g/mol. The molecule has 3 aliphatic rings. The van der Waals surface area contributed by atoms with Crippen molar-refractivity contribution in [3.63, 3.8) is 0 Å².